The molecule has 1 aliphatic rings. The molecule has 26 heavy (non-hydrogen) atoms. The number of likely N-dealkylation sites (tertiary alicyclic amines) is 1. The Kier molecular flexibility index (Phi) is 6.73. The van der Waals surface area contributed by atoms with Crippen molar-refractivity contribution in [2.24, 2.45) is 0 Å². The number of carbonyl (C=O) groups excluding carboxylic acids is 1. The van der Waals surface area contributed by atoms with Crippen LogP contribution in [0.3, 0.4) is 0 Å². The van der Waals surface area contributed by atoms with Crippen LogP contribution >= 0.6 is 0 Å². The standard InChI is InChI=1S/C22H35NO3/c1-13(2)17-10-19(14(3)4)21(20(11-17)15(5)6)16(7)26-22(25)23-9-8-18(24)12-23/h10-11,13-16,18,24H,8-9,12H2,1-7H3/t16-,18?/m1/s1. The molecule has 146 valence electrons. The van der Waals surface area contributed by atoms with Crippen LogP contribution in [-0.2, 0) is 4.74 Å². The van der Waals surface area contributed by atoms with Crippen molar-refractivity contribution in [3.05, 3.63) is 34.4 Å². The smallest absolute Gasteiger partial charge is 0.410 e. The summed E-state index contributed by atoms with van der Waals surface area (Å²) in [5.74, 6) is 1.18. The van der Waals surface area contributed by atoms with Crippen molar-refractivity contribution in [3.63, 3.8) is 0 Å². The van der Waals surface area contributed by atoms with Gasteiger partial charge in [-0.05, 0) is 53.4 Å². The van der Waals surface area contributed by atoms with Gasteiger partial charge in [-0.15, -0.1) is 0 Å². The van der Waals surface area contributed by atoms with Gasteiger partial charge in [-0.3, -0.25) is 0 Å². The zero-order valence-electron chi connectivity index (χ0n) is 17.4. The van der Waals surface area contributed by atoms with Crippen LogP contribution in [0.15, 0.2) is 12.1 Å². The number of carbonyl (C=O) groups is 1. The van der Waals surface area contributed by atoms with E-state index in [0.29, 0.717) is 37.3 Å². The van der Waals surface area contributed by atoms with Gasteiger partial charge in [0.25, 0.3) is 0 Å². The van der Waals surface area contributed by atoms with Gasteiger partial charge in [0, 0.05) is 13.1 Å². The minimum Gasteiger partial charge on any atom is -0.441 e. The molecule has 0 saturated carbocycles. The molecule has 1 aromatic rings. The van der Waals surface area contributed by atoms with Gasteiger partial charge in [0.1, 0.15) is 6.10 Å². The summed E-state index contributed by atoms with van der Waals surface area (Å²) in [5, 5.41) is 9.67. The van der Waals surface area contributed by atoms with Gasteiger partial charge in [0.2, 0.25) is 0 Å². The summed E-state index contributed by atoms with van der Waals surface area (Å²) in [6, 6.07) is 4.56. The van der Waals surface area contributed by atoms with Crippen LogP contribution in [0.2, 0.25) is 0 Å². The lowest BCUT2D eigenvalue weighted by Gasteiger charge is -2.27. The van der Waals surface area contributed by atoms with Gasteiger partial charge in [-0.25, -0.2) is 4.79 Å². The molecule has 1 N–H and O–H groups in total. The molecular formula is C22H35NO3. The Morgan fingerprint density at radius 1 is 1.04 bits per heavy atom. The maximum Gasteiger partial charge on any atom is 0.410 e. The van der Waals surface area contributed by atoms with E-state index in [4.69, 9.17) is 4.74 Å². The fourth-order valence-electron chi connectivity index (χ4n) is 3.67. The lowest BCUT2D eigenvalue weighted by atomic mass is 9.82. The van der Waals surface area contributed by atoms with Crippen molar-refractivity contribution in [2.45, 2.75) is 84.8 Å². The van der Waals surface area contributed by atoms with Crippen molar-refractivity contribution in [3.8, 4) is 0 Å². The Labute approximate surface area is 158 Å². The van der Waals surface area contributed by atoms with Crippen molar-refractivity contribution >= 4 is 6.09 Å². The van der Waals surface area contributed by atoms with Crippen LogP contribution in [0.25, 0.3) is 0 Å². The molecule has 0 radical (unpaired) electrons. The van der Waals surface area contributed by atoms with E-state index < -0.39 is 6.10 Å². The highest BCUT2D eigenvalue weighted by molar-refractivity contribution is 5.68. The zero-order chi connectivity index (χ0) is 19.6. The summed E-state index contributed by atoms with van der Waals surface area (Å²) in [6.45, 7) is 16.1. The van der Waals surface area contributed by atoms with E-state index in [-0.39, 0.29) is 12.2 Å². The Balaban J connectivity index is 2.37. The second-order valence-electron chi connectivity index (χ2n) is 8.49. The Morgan fingerprint density at radius 2 is 1.58 bits per heavy atom. The SMILES string of the molecule is CC(C)c1cc(C(C)C)c([C@@H](C)OC(=O)N2CCC(O)C2)c(C(C)C)c1. The summed E-state index contributed by atoms with van der Waals surface area (Å²) in [6.07, 6.45) is -0.440. The van der Waals surface area contributed by atoms with Gasteiger partial charge >= 0.3 is 6.09 Å². The van der Waals surface area contributed by atoms with Crippen molar-refractivity contribution in [1.29, 1.82) is 0 Å². The highest BCUT2D eigenvalue weighted by Gasteiger charge is 2.29. The third kappa shape index (κ3) is 4.59. The van der Waals surface area contributed by atoms with Crippen molar-refractivity contribution in [1.82, 2.24) is 4.90 Å². The van der Waals surface area contributed by atoms with Gasteiger partial charge in [0.05, 0.1) is 6.10 Å². The average molecular weight is 362 g/mol. The van der Waals surface area contributed by atoms with E-state index >= 15 is 0 Å². The first-order valence-corrected chi connectivity index (χ1v) is 9.93. The number of ether oxygens (including phenoxy) is 1. The first-order valence-electron chi connectivity index (χ1n) is 9.93. The Morgan fingerprint density at radius 3 is 1.96 bits per heavy atom. The lowest BCUT2D eigenvalue weighted by Crippen LogP contribution is -2.31. The first kappa shape index (κ1) is 20.8. The maximum atomic E-state index is 12.5. The van der Waals surface area contributed by atoms with Crippen molar-refractivity contribution < 1.29 is 14.6 Å². The van der Waals surface area contributed by atoms with E-state index in [0.717, 1.165) is 5.56 Å². The lowest BCUT2D eigenvalue weighted by molar-refractivity contribution is 0.0706. The van der Waals surface area contributed by atoms with Gasteiger partial charge in [0.15, 0.2) is 0 Å². The molecule has 0 aliphatic carbocycles. The Bertz CT molecular complexity index is 607. The predicted molar refractivity (Wildman–Crippen MR) is 106 cm³/mol. The number of hydrogen-bond donors (Lipinski definition) is 1. The molecule has 1 saturated heterocycles. The molecule has 1 amide bonds. The summed E-state index contributed by atoms with van der Waals surface area (Å²) in [5.41, 5.74) is 5.01. The number of hydrogen-bond acceptors (Lipinski definition) is 3. The van der Waals surface area contributed by atoms with E-state index in [1.807, 2.05) is 6.92 Å². The molecular weight excluding hydrogens is 326 g/mol. The zero-order valence-corrected chi connectivity index (χ0v) is 17.4. The molecule has 0 spiro atoms. The fraction of sp³-hybridized carbons (Fsp3) is 0.682. The number of rotatable bonds is 5. The molecule has 1 unspecified atom stereocenters. The quantitative estimate of drug-likeness (QED) is 0.772. The summed E-state index contributed by atoms with van der Waals surface area (Å²) < 4.78 is 5.83. The average Bonchev–Trinajstić information content (AvgIpc) is 2.99. The summed E-state index contributed by atoms with van der Waals surface area (Å²) >= 11 is 0. The molecule has 1 aliphatic heterocycles. The van der Waals surface area contributed by atoms with E-state index in [2.05, 4.69) is 53.7 Å². The molecule has 1 fully saturated rings. The number of aliphatic hydroxyl groups excluding tert-OH is 1. The van der Waals surface area contributed by atoms with Crippen LogP contribution in [0.1, 0.15) is 101 Å². The van der Waals surface area contributed by atoms with E-state index in [1.165, 1.54) is 16.7 Å². The molecule has 1 aromatic carbocycles. The number of amides is 1. The number of nitrogens with zero attached hydrogens (tertiary/aromatic N) is 1. The third-order valence-corrected chi connectivity index (χ3v) is 5.28. The van der Waals surface area contributed by atoms with E-state index in [1.54, 1.807) is 4.90 Å². The van der Waals surface area contributed by atoms with Crippen LogP contribution in [-0.4, -0.2) is 35.3 Å². The number of benzene rings is 1. The summed E-state index contributed by atoms with van der Waals surface area (Å²) in [7, 11) is 0. The van der Waals surface area contributed by atoms with Crippen LogP contribution in [0.5, 0.6) is 0 Å². The van der Waals surface area contributed by atoms with E-state index in [9.17, 15) is 9.90 Å². The largest absolute Gasteiger partial charge is 0.441 e. The highest BCUT2D eigenvalue weighted by atomic mass is 16.6. The monoisotopic (exact) mass is 361 g/mol. The molecule has 0 aromatic heterocycles. The minimum absolute atomic E-state index is 0.309. The topological polar surface area (TPSA) is 49.8 Å². The molecule has 2 rings (SSSR count). The van der Waals surface area contributed by atoms with Crippen molar-refractivity contribution in [2.75, 3.05) is 13.1 Å². The molecule has 4 heteroatoms. The minimum atomic E-state index is -0.430. The molecule has 1 heterocycles. The van der Waals surface area contributed by atoms with Gasteiger partial charge in [-0.2, -0.15) is 0 Å². The maximum absolute atomic E-state index is 12.5. The summed E-state index contributed by atoms with van der Waals surface area (Å²) in [4.78, 5) is 14.1. The second-order valence-corrected chi connectivity index (χ2v) is 8.49. The van der Waals surface area contributed by atoms with Gasteiger partial charge in [-0.1, -0.05) is 53.7 Å². The predicted octanol–water partition coefficient (Wildman–Crippen LogP) is 5.32. The number of β-amino-alcohol motifs (C(OH)–C–C–N with tert-alkyl or cyclic N) is 1. The highest BCUT2D eigenvalue weighted by Crippen LogP contribution is 2.37. The fourth-order valence-corrected chi connectivity index (χ4v) is 3.67. The second kappa shape index (κ2) is 8.43. The first-order chi connectivity index (χ1) is 12.1. The third-order valence-electron chi connectivity index (χ3n) is 5.28. The number of aliphatic hydroxyl groups is 1. The normalized spacial score (nSPS) is 18.9. The molecule has 0 bridgehead atoms. The molecule has 2 atom stereocenters. The van der Waals surface area contributed by atoms with Crippen LogP contribution in [0, 0.1) is 0 Å². The Hall–Kier alpha value is -1.55. The van der Waals surface area contributed by atoms with Gasteiger partial charge < -0.3 is 14.7 Å². The molecule has 4 nitrogen and oxygen atoms in total. The van der Waals surface area contributed by atoms with Crippen LogP contribution in [0.4, 0.5) is 4.79 Å². The van der Waals surface area contributed by atoms with Crippen LogP contribution < -0.4 is 0 Å².